The van der Waals surface area contributed by atoms with Gasteiger partial charge >= 0.3 is 0 Å². The maximum absolute atomic E-state index is 12.2. The van der Waals surface area contributed by atoms with E-state index < -0.39 is 6.04 Å². The molecule has 1 aromatic carbocycles. The standard InChI is InChI=1S/C15H22N2O2/c1-3-9-17(10-4-2)15(19)14(16)11-12-5-7-13(18)8-6-12/h3,5-8,14,18H,1,4,9-11,16H2,2H3/t14-/m1/s1. The number of nitrogens with two attached hydrogens (primary N) is 1. The highest BCUT2D eigenvalue weighted by Gasteiger charge is 2.19. The van der Waals surface area contributed by atoms with E-state index in [-0.39, 0.29) is 11.7 Å². The van der Waals surface area contributed by atoms with Crippen molar-refractivity contribution < 1.29 is 9.90 Å². The fraction of sp³-hybridized carbons (Fsp3) is 0.400. The first-order valence-electron chi connectivity index (χ1n) is 6.51. The second-order valence-electron chi connectivity index (χ2n) is 4.55. The zero-order valence-corrected chi connectivity index (χ0v) is 11.4. The Labute approximate surface area is 114 Å². The van der Waals surface area contributed by atoms with Crippen molar-refractivity contribution in [3.63, 3.8) is 0 Å². The molecule has 0 radical (unpaired) electrons. The topological polar surface area (TPSA) is 66.6 Å². The number of benzene rings is 1. The lowest BCUT2D eigenvalue weighted by molar-refractivity contribution is -0.132. The first-order valence-corrected chi connectivity index (χ1v) is 6.51. The third-order valence-corrected chi connectivity index (χ3v) is 2.86. The first-order chi connectivity index (χ1) is 9.08. The number of carbonyl (C=O) groups excluding carboxylic acids is 1. The number of nitrogens with zero attached hydrogens (tertiary/aromatic N) is 1. The zero-order valence-electron chi connectivity index (χ0n) is 11.4. The van der Waals surface area contributed by atoms with Gasteiger partial charge in [-0.1, -0.05) is 25.1 Å². The summed E-state index contributed by atoms with van der Waals surface area (Å²) >= 11 is 0. The van der Waals surface area contributed by atoms with Gasteiger partial charge in [0.2, 0.25) is 5.91 Å². The molecule has 104 valence electrons. The normalized spacial score (nSPS) is 11.9. The van der Waals surface area contributed by atoms with E-state index in [1.54, 1.807) is 35.2 Å². The minimum absolute atomic E-state index is 0.0603. The number of aromatic hydroxyl groups is 1. The van der Waals surface area contributed by atoms with Gasteiger partial charge in [0.25, 0.3) is 0 Å². The molecule has 0 fully saturated rings. The van der Waals surface area contributed by atoms with Crippen LogP contribution < -0.4 is 5.73 Å². The van der Waals surface area contributed by atoms with E-state index in [1.807, 2.05) is 6.92 Å². The van der Waals surface area contributed by atoms with Gasteiger partial charge in [-0.15, -0.1) is 6.58 Å². The lowest BCUT2D eigenvalue weighted by atomic mass is 10.1. The molecule has 4 nitrogen and oxygen atoms in total. The van der Waals surface area contributed by atoms with Gasteiger partial charge < -0.3 is 15.7 Å². The lowest BCUT2D eigenvalue weighted by Gasteiger charge is -2.24. The van der Waals surface area contributed by atoms with Crippen LogP contribution >= 0.6 is 0 Å². The maximum atomic E-state index is 12.2. The smallest absolute Gasteiger partial charge is 0.240 e. The van der Waals surface area contributed by atoms with Crippen LogP contribution in [-0.4, -0.2) is 35.0 Å². The molecule has 1 amide bonds. The number of amides is 1. The SMILES string of the molecule is C=CCN(CCC)C(=O)[C@H](N)Cc1ccc(O)cc1. The summed E-state index contributed by atoms with van der Waals surface area (Å²) < 4.78 is 0. The van der Waals surface area contributed by atoms with E-state index in [1.165, 1.54) is 0 Å². The van der Waals surface area contributed by atoms with Crippen LogP contribution in [0.5, 0.6) is 5.75 Å². The van der Waals surface area contributed by atoms with Crippen molar-refractivity contribution in [2.75, 3.05) is 13.1 Å². The van der Waals surface area contributed by atoms with Crippen molar-refractivity contribution in [1.82, 2.24) is 4.90 Å². The molecule has 0 aliphatic carbocycles. The Morgan fingerprint density at radius 1 is 1.47 bits per heavy atom. The van der Waals surface area contributed by atoms with Crippen LogP contribution in [-0.2, 0) is 11.2 Å². The average molecular weight is 262 g/mol. The van der Waals surface area contributed by atoms with Gasteiger partial charge in [0.1, 0.15) is 5.75 Å². The number of phenols is 1. The largest absolute Gasteiger partial charge is 0.508 e. The summed E-state index contributed by atoms with van der Waals surface area (Å²) in [6.45, 7) is 6.89. The Balaban J connectivity index is 2.64. The quantitative estimate of drug-likeness (QED) is 0.735. The average Bonchev–Trinajstić information content (AvgIpc) is 2.40. The van der Waals surface area contributed by atoms with E-state index in [4.69, 9.17) is 5.73 Å². The highest BCUT2D eigenvalue weighted by molar-refractivity contribution is 5.82. The molecule has 1 aromatic rings. The highest BCUT2D eigenvalue weighted by Crippen LogP contribution is 2.11. The summed E-state index contributed by atoms with van der Waals surface area (Å²) in [5, 5.41) is 9.21. The van der Waals surface area contributed by atoms with Crippen molar-refractivity contribution in [3.05, 3.63) is 42.5 Å². The molecule has 0 spiro atoms. The molecule has 19 heavy (non-hydrogen) atoms. The van der Waals surface area contributed by atoms with Crippen LogP contribution in [0.25, 0.3) is 0 Å². The molecule has 1 rings (SSSR count). The summed E-state index contributed by atoms with van der Waals surface area (Å²) in [6.07, 6.45) is 3.07. The minimum atomic E-state index is -0.559. The van der Waals surface area contributed by atoms with Crippen molar-refractivity contribution in [2.24, 2.45) is 5.73 Å². The highest BCUT2D eigenvalue weighted by atomic mass is 16.3. The Morgan fingerprint density at radius 3 is 2.63 bits per heavy atom. The molecule has 0 heterocycles. The van der Waals surface area contributed by atoms with Gasteiger partial charge in [-0.2, -0.15) is 0 Å². The first kappa shape index (κ1) is 15.2. The van der Waals surface area contributed by atoms with E-state index >= 15 is 0 Å². The zero-order chi connectivity index (χ0) is 14.3. The fourth-order valence-corrected chi connectivity index (χ4v) is 1.92. The third kappa shape index (κ3) is 4.75. The molecule has 1 atom stereocenters. The Kier molecular flexibility index (Phi) is 6.09. The van der Waals surface area contributed by atoms with E-state index in [0.29, 0.717) is 19.5 Å². The van der Waals surface area contributed by atoms with Gasteiger partial charge in [0.15, 0.2) is 0 Å². The van der Waals surface area contributed by atoms with Crippen LogP contribution in [0.15, 0.2) is 36.9 Å². The maximum Gasteiger partial charge on any atom is 0.240 e. The van der Waals surface area contributed by atoms with Crippen LogP contribution in [0, 0.1) is 0 Å². The monoisotopic (exact) mass is 262 g/mol. The molecule has 0 aliphatic rings. The van der Waals surface area contributed by atoms with Gasteiger partial charge in [0, 0.05) is 13.1 Å². The Morgan fingerprint density at radius 2 is 2.11 bits per heavy atom. The summed E-state index contributed by atoms with van der Waals surface area (Å²) in [7, 11) is 0. The second kappa shape index (κ2) is 7.59. The van der Waals surface area contributed by atoms with Gasteiger partial charge in [-0.25, -0.2) is 0 Å². The molecule has 0 saturated heterocycles. The molecule has 0 aromatic heterocycles. The summed E-state index contributed by atoms with van der Waals surface area (Å²) in [5.74, 6) is 0.151. The predicted molar refractivity (Wildman–Crippen MR) is 76.9 cm³/mol. The van der Waals surface area contributed by atoms with Crippen molar-refractivity contribution in [3.8, 4) is 5.75 Å². The number of rotatable bonds is 7. The lowest BCUT2D eigenvalue weighted by Crippen LogP contribution is -2.45. The minimum Gasteiger partial charge on any atom is -0.508 e. The van der Waals surface area contributed by atoms with Gasteiger partial charge in [-0.3, -0.25) is 4.79 Å². The van der Waals surface area contributed by atoms with Gasteiger partial charge in [0.05, 0.1) is 6.04 Å². The Bertz CT molecular complexity index is 415. The molecule has 3 N–H and O–H groups in total. The van der Waals surface area contributed by atoms with E-state index in [9.17, 15) is 9.90 Å². The molecule has 0 bridgehead atoms. The Hall–Kier alpha value is -1.81. The number of hydrogen-bond acceptors (Lipinski definition) is 3. The summed E-state index contributed by atoms with van der Waals surface area (Å²) in [4.78, 5) is 13.9. The van der Waals surface area contributed by atoms with Crippen molar-refractivity contribution in [2.45, 2.75) is 25.8 Å². The summed E-state index contributed by atoms with van der Waals surface area (Å²) in [6, 6.07) is 6.19. The van der Waals surface area contributed by atoms with Crippen molar-refractivity contribution >= 4 is 5.91 Å². The fourth-order valence-electron chi connectivity index (χ4n) is 1.92. The predicted octanol–water partition coefficient (Wildman–Crippen LogP) is 1.69. The van der Waals surface area contributed by atoms with E-state index in [2.05, 4.69) is 6.58 Å². The molecule has 0 saturated carbocycles. The number of phenolic OH excluding ortho intramolecular Hbond substituents is 1. The third-order valence-electron chi connectivity index (χ3n) is 2.86. The molecule has 0 aliphatic heterocycles. The molecule has 4 heteroatoms. The van der Waals surface area contributed by atoms with Gasteiger partial charge in [-0.05, 0) is 30.5 Å². The summed E-state index contributed by atoms with van der Waals surface area (Å²) in [5.41, 5.74) is 6.90. The molecular weight excluding hydrogens is 240 g/mol. The molecule has 0 unspecified atom stereocenters. The van der Waals surface area contributed by atoms with Crippen LogP contribution in [0.4, 0.5) is 0 Å². The number of carbonyl (C=O) groups is 1. The van der Waals surface area contributed by atoms with Crippen LogP contribution in [0.1, 0.15) is 18.9 Å². The van der Waals surface area contributed by atoms with Crippen LogP contribution in [0.3, 0.4) is 0 Å². The number of hydrogen-bond donors (Lipinski definition) is 2. The second-order valence-corrected chi connectivity index (χ2v) is 4.55. The van der Waals surface area contributed by atoms with Crippen LogP contribution in [0.2, 0.25) is 0 Å². The molecular formula is C15H22N2O2. The van der Waals surface area contributed by atoms with Crippen molar-refractivity contribution in [1.29, 1.82) is 0 Å². The van der Waals surface area contributed by atoms with E-state index in [0.717, 1.165) is 12.0 Å².